The predicted octanol–water partition coefficient (Wildman–Crippen LogP) is 2.01. The zero-order valence-corrected chi connectivity index (χ0v) is 16.4. The molecular formula is C20H19ClN6O2. The van der Waals surface area contributed by atoms with Gasteiger partial charge in [-0.2, -0.15) is 5.10 Å². The third-order valence-corrected chi connectivity index (χ3v) is 5.02. The Morgan fingerprint density at radius 3 is 2.76 bits per heavy atom. The van der Waals surface area contributed by atoms with Crippen molar-refractivity contribution in [3.8, 4) is 0 Å². The molecule has 2 N–H and O–H groups in total. The number of halogens is 1. The zero-order valence-electron chi connectivity index (χ0n) is 15.6. The second kappa shape index (κ2) is 7.92. The second-order valence-electron chi connectivity index (χ2n) is 6.75. The Morgan fingerprint density at radius 1 is 1.21 bits per heavy atom. The number of fused-ring (bicyclic) bond motifs is 1. The summed E-state index contributed by atoms with van der Waals surface area (Å²) in [4.78, 5) is 32.3. The summed E-state index contributed by atoms with van der Waals surface area (Å²) < 4.78 is 0. The van der Waals surface area contributed by atoms with Gasteiger partial charge in [-0.25, -0.2) is 15.2 Å². The largest absolute Gasteiger partial charge is 0.325 e. The fourth-order valence-electron chi connectivity index (χ4n) is 3.33. The fourth-order valence-corrected chi connectivity index (χ4v) is 3.54. The van der Waals surface area contributed by atoms with E-state index in [1.54, 1.807) is 24.2 Å². The average Bonchev–Trinajstić information content (AvgIpc) is 3.06. The summed E-state index contributed by atoms with van der Waals surface area (Å²) >= 11 is 6.11. The molecule has 0 bridgehead atoms. The summed E-state index contributed by atoms with van der Waals surface area (Å²) in [7, 11) is 1.61. The van der Waals surface area contributed by atoms with E-state index in [0.717, 1.165) is 11.1 Å². The van der Waals surface area contributed by atoms with E-state index in [2.05, 4.69) is 20.8 Å². The zero-order chi connectivity index (χ0) is 20.4. The molecular weight excluding hydrogens is 392 g/mol. The SMILES string of the molecule is CN1C(=O)NC(=O)C2C1N=C(N/N=C/c1ccccc1)N2Cc1cccc(Cl)c1. The van der Waals surface area contributed by atoms with Gasteiger partial charge in [-0.1, -0.05) is 54.1 Å². The van der Waals surface area contributed by atoms with Crippen molar-refractivity contribution in [2.75, 3.05) is 7.05 Å². The number of hydrogen-bond donors (Lipinski definition) is 2. The van der Waals surface area contributed by atoms with Crippen LogP contribution in [0.2, 0.25) is 5.02 Å². The van der Waals surface area contributed by atoms with Gasteiger partial charge < -0.3 is 9.80 Å². The highest BCUT2D eigenvalue weighted by Gasteiger charge is 2.48. The first-order valence-corrected chi connectivity index (χ1v) is 9.41. The summed E-state index contributed by atoms with van der Waals surface area (Å²) in [5.41, 5.74) is 4.75. The number of guanidine groups is 1. The molecule has 2 aliphatic rings. The van der Waals surface area contributed by atoms with Crippen molar-refractivity contribution in [1.29, 1.82) is 0 Å². The van der Waals surface area contributed by atoms with Crippen LogP contribution in [0.15, 0.2) is 64.7 Å². The molecule has 2 aromatic rings. The van der Waals surface area contributed by atoms with E-state index in [1.807, 2.05) is 48.5 Å². The normalized spacial score (nSPS) is 21.2. The highest BCUT2D eigenvalue weighted by Crippen LogP contribution is 2.25. The minimum Gasteiger partial charge on any atom is -0.321 e. The topological polar surface area (TPSA) is 89.4 Å². The number of rotatable bonds is 4. The van der Waals surface area contributed by atoms with Crippen molar-refractivity contribution >= 4 is 35.7 Å². The number of imide groups is 1. The van der Waals surface area contributed by atoms with Crippen molar-refractivity contribution in [3.05, 3.63) is 70.7 Å². The van der Waals surface area contributed by atoms with Crippen LogP contribution >= 0.6 is 11.6 Å². The maximum atomic E-state index is 12.6. The third kappa shape index (κ3) is 3.93. The lowest BCUT2D eigenvalue weighted by molar-refractivity contribution is -0.127. The summed E-state index contributed by atoms with van der Waals surface area (Å²) in [5, 5.41) is 7.23. The Bertz CT molecular complexity index is 993. The summed E-state index contributed by atoms with van der Waals surface area (Å²) in [6.07, 6.45) is 1.03. The Morgan fingerprint density at radius 2 is 2.00 bits per heavy atom. The molecule has 2 aromatic carbocycles. The minimum atomic E-state index is -0.661. The maximum Gasteiger partial charge on any atom is 0.325 e. The van der Waals surface area contributed by atoms with Crippen LogP contribution in [0.4, 0.5) is 4.79 Å². The number of carbonyl (C=O) groups excluding carboxylic acids is 2. The first-order valence-electron chi connectivity index (χ1n) is 9.03. The Labute approximate surface area is 172 Å². The minimum absolute atomic E-state index is 0.379. The molecule has 1 saturated heterocycles. The van der Waals surface area contributed by atoms with E-state index < -0.39 is 24.1 Å². The Balaban J connectivity index is 1.61. The van der Waals surface area contributed by atoms with Gasteiger partial charge in [-0.05, 0) is 23.3 Å². The van der Waals surface area contributed by atoms with Crippen LogP contribution in [0.25, 0.3) is 0 Å². The van der Waals surface area contributed by atoms with Crippen molar-refractivity contribution in [3.63, 3.8) is 0 Å². The van der Waals surface area contributed by atoms with Crippen LogP contribution in [-0.2, 0) is 11.3 Å². The number of benzene rings is 2. The Hall–Kier alpha value is -3.39. The lowest BCUT2D eigenvalue weighted by Crippen LogP contribution is -2.63. The lowest BCUT2D eigenvalue weighted by Gasteiger charge is -2.36. The first kappa shape index (κ1) is 18.9. The van der Waals surface area contributed by atoms with Crippen LogP contribution in [0.1, 0.15) is 11.1 Å². The number of nitrogens with zero attached hydrogens (tertiary/aromatic N) is 4. The number of amides is 3. The lowest BCUT2D eigenvalue weighted by atomic mass is 10.1. The van der Waals surface area contributed by atoms with E-state index in [0.29, 0.717) is 17.5 Å². The number of urea groups is 1. The van der Waals surface area contributed by atoms with Gasteiger partial charge in [0.1, 0.15) is 0 Å². The molecule has 2 unspecified atom stereocenters. The van der Waals surface area contributed by atoms with Gasteiger partial charge in [0.2, 0.25) is 5.96 Å². The molecule has 1 fully saturated rings. The van der Waals surface area contributed by atoms with Crippen molar-refractivity contribution in [1.82, 2.24) is 20.5 Å². The van der Waals surface area contributed by atoms with E-state index in [9.17, 15) is 9.59 Å². The van der Waals surface area contributed by atoms with Crippen molar-refractivity contribution < 1.29 is 9.59 Å². The van der Waals surface area contributed by atoms with Crippen LogP contribution < -0.4 is 10.7 Å². The molecule has 2 atom stereocenters. The average molecular weight is 411 g/mol. The highest BCUT2D eigenvalue weighted by atomic mass is 35.5. The summed E-state index contributed by atoms with van der Waals surface area (Å²) in [6, 6.07) is 15.8. The third-order valence-electron chi connectivity index (χ3n) is 4.78. The number of hydrogen-bond acceptors (Lipinski definition) is 6. The molecule has 0 radical (unpaired) electrons. The molecule has 9 heteroatoms. The van der Waals surface area contributed by atoms with Gasteiger partial charge in [-0.15, -0.1) is 0 Å². The molecule has 4 rings (SSSR count). The van der Waals surface area contributed by atoms with E-state index in [-0.39, 0.29) is 0 Å². The fraction of sp³-hybridized carbons (Fsp3) is 0.200. The molecule has 8 nitrogen and oxygen atoms in total. The monoisotopic (exact) mass is 410 g/mol. The number of likely N-dealkylation sites (N-methyl/N-ethyl adjacent to an activating group) is 1. The van der Waals surface area contributed by atoms with Crippen molar-refractivity contribution in [2.45, 2.75) is 18.8 Å². The van der Waals surface area contributed by atoms with Gasteiger partial charge in [0.05, 0.1) is 6.21 Å². The predicted molar refractivity (Wildman–Crippen MR) is 110 cm³/mol. The highest BCUT2D eigenvalue weighted by molar-refractivity contribution is 6.30. The molecule has 2 heterocycles. The second-order valence-corrected chi connectivity index (χ2v) is 7.19. The van der Waals surface area contributed by atoms with Gasteiger partial charge in [-0.3, -0.25) is 10.1 Å². The summed E-state index contributed by atoms with van der Waals surface area (Å²) in [5.74, 6) is 0.0107. The smallest absolute Gasteiger partial charge is 0.321 e. The van der Waals surface area contributed by atoms with E-state index in [1.165, 1.54) is 4.90 Å². The van der Waals surface area contributed by atoms with Crippen LogP contribution in [0.5, 0.6) is 0 Å². The van der Waals surface area contributed by atoms with Crippen LogP contribution in [0, 0.1) is 0 Å². The van der Waals surface area contributed by atoms with Crippen LogP contribution in [-0.4, -0.2) is 53.2 Å². The standard InChI is InChI=1S/C20H19ClN6O2/c1-26-17-16(18(28)24-20(26)29)27(12-14-8-5-9-15(21)10-14)19(23-17)25-22-11-13-6-3-2-4-7-13/h2-11,16-17H,12H2,1H3,(H,23,25)(H,24,28,29)/b22-11+. The number of aliphatic imine (C=N–C) groups is 1. The number of nitrogens with one attached hydrogen (secondary N) is 2. The number of carbonyl (C=O) groups is 2. The molecule has 0 saturated carbocycles. The quantitative estimate of drug-likeness (QED) is 0.596. The number of hydrazone groups is 1. The summed E-state index contributed by atoms with van der Waals surface area (Å²) in [6.45, 7) is 0.379. The molecule has 148 valence electrons. The molecule has 0 aliphatic carbocycles. The first-order chi connectivity index (χ1) is 14.0. The van der Waals surface area contributed by atoms with Gasteiger partial charge in [0.15, 0.2) is 12.2 Å². The van der Waals surface area contributed by atoms with Gasteiger partial charge in [0.25, 0.3) is 5.91 Å². The van der Waals surface area contributed by atoms with Gasteiger partial charge in [0, 0.05) is 18.6 Å². The maximum absolute atomic E-state index is 12.6. The van der Waals surface area contributed by atoms with Crippen molar-refractivity contribution in [2.24, 2.45) is 10.1 Å². The van der Waals surface area contributed by atoms with E-state index >= 15 is 0 Å². The van der Waals surface area contributed by atoms with Crippen LogP contribution in [0.3, 0.4) is 0 Å². The van der Waals surface area contributed by atoms with Gasteiger partial charge >= 0.3 is 6.03 Å². The molecule has 29 heavy (non-hydrogen) atoms. The Kier molecular flexibility index (Phi) is 5.18. The molecule has 2 aliphatic heterocycles. The van der Waals surface area contributed by atoms with E-state index in [4.69, 9.17) is 11.6 Å². The molecule has 0 aromatic heterocycles. The molecule has 3 amide bonds. The molecule has 0 spiro atoms.